The number of nitrogens with zero attached hydrogens (tertiary/aromatic N) is 2. The van der Waals surface area contributed by atoms with Crippen molar-refractivity contribution in [2.45, 2.75) is 26.3 Å². The molecule has 2 rings (SSSR count). The zero-order valence-electron chi connectivity index (χ0n) is 11.1. The summed E-state index contributed by atoms with van der Waals surface area (Å²) in [6.07, 6.45) is 3.15. The minimum atomic E-state index is -0.121. The van der Waals surface area contributed by atoms with Gasteiger partial charge in [0, 0.05) is 11.9 Å². The third-order valence-corrected chi connectivity index (χ3v) is 2.80. The van der Waals surface area contributed by atoms with E-state index in [0.29, 0.717) is 11.6 Å². The first-order valence-electron chi connectivity index (χ1n) is 6.22. The predicted octanol–water partition coefficient (Wildman–Crippen LogP) is 2.23. The Balaban J connectivity index is 2.00. The topological polar surface area (TPSA) is 72.9 Å². The Labute approximate surface area is 112 Å². The summed E-state index contributed by atoms with van der Waals surface area (Å²) in [5.41, 5.74) is 8.09. The second-order valence-electron chi connectivity index (χ2n) is 4.80. The van der Waals surface area contributed by atoms with E-state index in [1.807, 2.05) is 18.2 Å². The number of nitrogens with two attached hydrogens (primary N) is 1. The maximum Gasteiger partial charge on any atom is 0.246 e. The molecule has 1 aromatic carbocycles. The molecule has 0 bridgehead atoms. The van der Waals surface area contributed by atoms with Crippen molar-refractivity contribution in [3.05, 3.63) is 42.2 Å². The van der Waals surface area contributed by atoms with Gasteiger partial charge < -0.3 is 11.1 Å². The minimum Gasteiger partial charge on any atom is -0.396 e. The molecule has 1 amide bonds. The number of nitrogen functional groups attached to an aromatic ring is 1. The van der Waals surface area contributed by atoms with Gasteiger partial charge in [0.2, 0.25) is 5.91 Å². The molecule has 3 N–H and O–H groups in total. The number of benzene rings is 1. The first kappa shape index (κ1) is 13.1. The molecular weight excluding hydrogens is 240 g/mol. The molecule has 0 fully saturated rings. The highest BCUT2D eigenvalue weighted by molar-refractivity contribution is 5.90. The zero-order valence-corrected chi connectivity index (χ0v) is 11.1. The average molecular weight is 258 g/mol. The summed E-state index contributed by atoms with van der Waals surface area (Å²) in [7, 11) is 0. The fourth-order valence-corrected chi connectivity index (χ4v) is 1.79. The quantitative estimate of drug-likeness (QED) is 0.883. The summed E-state index contributed by atoms with van der Waals surface area (Å²) >= 11 is 0. The minimum absolute atomic E-state index is 0.121. The molecule has 100 valence electrons. The largest absolute Gasteiger partial charge is 0.396 e. The van der Waals surface area contributed by atoms with E-state index in [2.05, 4.69) is 30.3 Å². The van der Waals surface area contributed by atoms with Crippen LogP contribution in [-0.4, -0.2) is 15.7 Å². The molecule has 5 heteroatoms. The van der Waals surface area contributed by atoms with E-state index < -0.39 is 0 Å². The molecule has 0 aliphatic rings. The van der Waals surface area contributed by atoms with Crippen LogP contribution in [0.2, 0.25) is 0 Å². The van der Waals surface area contributed by atoms with Crippen molar-refractivity contribution in [2.75, 3.05) is 11.1 Å². The lowest BCUT2D eigenvalue weighted by Gasteiger charge is -2.09. The van der Waals surface area contributed by atoms with Crippen LogP contribution in [0.3, 0.4) is 0 Å². The molecule has 0 radical (unpaired) electrons. The summed E-state index contributed by atoms with van der Waals surface area (Å²) in [6, 6.07) is 7.85. The number of aromatic nitrogens is 2. The standard InChI is InChI=1S/C14H18N4O/c1-10(2)11-4-3-5-13(6-11)17-14(19)9-18-8-12(15)7-16-18/h3-8,10H,9,15H2,1-2H3,(H,17,19). The average Bonchev–Trinajstić information content (AvgIpc) is 2.74. The van der Waals surface area contributed by atoms with E-state index in [4.69, 9.17) is 5.73 Å². The van der Waals surface area contributed by atoms with Crippen LogP contribution < -0.4 is 11.1 Å². The molecule has 2 aromatic rings. The van der Waals surface area contributed by atoms with E-state index in [1.54, 1.807) is 6.20 Å². The molecule has 1 aromatic heterocycles. The van der Waals surface area contributed by atoms with Gasteiger partial charge in [-0.25, -0.2) is 0 Å². The number of hydrogen-bond donors (Lipinski definition) is 2. The van der Waals surface area contributed by atoms with Gasteiger partial charge in [0.05, 0.1) is 11.9 Å². The fourth-order valence-electron chi connectivity index (χ4n) is 1.79. The van der Waals surface area contributed by atoms with Gasteiger partial charge in [-0.3, -0.25) is 9.48 Å². The second-order valence-corrected chi connectivity index (χ2v) is 4.80. The van der Waals surface area contributed by atoms with Crippen LogP contribution in [0.25, 0.3) is 0 Å². The van der Waals surface area contributed by atoms with Gasteiger partial charge in [-0.1, -0.05) is 26.0 Å². The van der Waals surface area contributed by atoms with Crippen molar-refractivity contribution in [1.29, 1.82) is 0 Å². The first-order chi connectivity index (χ1) is 9.04. The molecule has 19 heavy (non-hydrogen) atoms. The van der Waals surface area contributed by atoms with Gasteiger partial charge in [-0.05, 0) is 23.6 Å². The summed E-state index contributed by atoms with van der Waals surface area (Å²) in [5.74, 6) is 0.312. The van der Waals surface area contributed by atoms with Crippen LogP contribution in [0.4, 0.5) is 11.4 Å². The Hall–Kier alpha value is -2.30. The van der Waals surface area contributed by atoms with Gasteiger partial charge in [-0.2, -0.15) is 5.10 Å². The van der Waals surface area contributed by atoms with E-state index in [-0.39, 0.29) is 12.5 Å². The maximum absolute atomic E-state index is 11.9. The molecule has 0 saturated carbocycles. The molecule has 0 spiro atoms. The number of carbonyl (C=O) groups excluding carboxylic acids is 1. The van der Waals surface area contributed by atoms with E-state index >= 15 is 0 Å². The first-order valence-corrected chi connectivity index (χ1v) is 6.22. The Morgan fingerprint density at radius 2 is 2.26 bits per heavy atom. The van der Waals surface area contributed by atoms with Crippen molar-refractivity contribution < 1.29 is 4.79 Å². The lowest BCUT2D eigenvalue weighted by atomic mass is 10.0. The van der Waals surface area contributed by atoms with Gasteiger partial charge in [-0.15, -0.1) is 0 Å². The molecule has 5 nitrogen and oxygen atoms in total. The summed E-state index contributed by atoms with van der Waals surface area (Å²) in [6.45, 7) is 4.39. The zero-order chi connectivity index (χ0) is 13.8. The van der Waals surface area contributed by atoms with Crippen LogP contribution in [0, 0.1) is 0 Å². The maximum atomic E-state index is 11.9. The van der Waals surface area contributed by atoms with E-state index in [1.165, 1.54) is 16.4 Å². The summed E-state index contributed by atoms with van der Waals surface area (Å²) < 4.78 is 1.51. The number of hydrogen-bond acceptors (Lipinski definition) is 3. The highest BCUT2D eigenvalue weighted by Gasteiger charge is 2.06. The Kier molecular flexibility index (Phi) is 3.85. The van der Waals surface area contributed by atoms with Crippen LogP contribution in [0.5, 0.6) is 0 Å². The molecular formula is C14H18N4O. The van der Waals surface area contributed by atoms with E-state index in [9.17, 15) is 4.79 Å². The van der Waals surface area contributed by atoms with Gasteiger partial charge in [0.1, 0.15) is 6.54 Å². The molecule has 0 atom stereocenters. The fraction of sp³-hybridized carbons (Fsp3) is 0.286. The smallest absolute Gasteiger partial charge is 0.246 e. The van der Waals surface area contributed by atoms with Crippen molar-refractivity contribution in [3.8, 4) is 0 Å². The number of carbonyl (C=O) groups is 1. The summed E-state index contributed by atoms with van der Waals surface area (Å²) in [4.78, 5) is 11.9. The van der Waals surface area contributed by atoms with Crippen LogP contribution in [0.15, 0.2) is 36.7 Å². The Morgan fingerprint density at radius 1 is 1.47 bits per heavy atom. The third kappa shape index (κ3) is 3.58. The number of amides is 1. The molecule has 0 saturated heterocycles. The SMILES string of the molecule is CC(C)c1cccc(NC(=O)Cn2cc(N)cn2)c1. The van der Waals surface area contributed by atoms with Gasteiger partial charge in [0.15, 0.2) is 0 Å². The molecule has 0 aliphatic carbocycles. The third-order valence-electron chi connectivity index (χ3n) is 2.80. The molecule has 0 unspecified atom stereocenters. The monoisotopic (exact) mass is 258 g/mol. The Morgan fingerprint density at radius 3 is 2.89 bits per heavy atom. The summed E-state index contributed by atoms with van der Waals surface area (Å²) in [5, 5.41) is 6.83. The van der Waals surface area contributed by atoms with Crippen molar-refractivity contribution in [2.24, 2.45) is 0 Å². The second kappa shape index (κ2) is 5.56. The van der Waals surface area contributed by atoms with Gasteiger partial charge in [0.25, 0.3) is 0 Å². The number of rotatable bonds is 4. The van der Waals surface area contributed by atoms with Crippen LogP contribution in [-0.2, 0) is 11.3 Å². The lowest BCUT2D eigenvalue weighted by molar-refractivity contribution is -0.116. The number of nitrogens with one attached hydrogen (secondary N) is 1. The predicted molar refractivity (Wildman–Crippen MR) is 75.8 cm³/mol. The van der Waals surface area contributed by atoms with Gasteiger partial charge >= 0.3 is 0 Å². The normalized spacial score (nSPS) is 10.7. The molecule has 1 heterocycles. The van der Waals surface area contributed by atoms with Crippen molar-refractivity contribution >= 4 is 17.3 Å². The highest BCUT2D eigenvalue weighted by Crippen LogP contribution is 2.18. The Bertz CT molecular complexity index is 574. The van der Waals surface area contributed by atoms with E-state index in [0.717, 1.165) is 5.69 Å². The van der Waals surface area contributed by atoms with Crippen molar-refractivity contribution in [3.63, 3.8) is 0 Å². The van der Waals surface area contributed by atoms with Crippen LogP contribution >= 0.6 is 0 Å². The molecule has 0 aliphatic heterocycles. The highest BCUT2D eigenvalue weighted by atomic mass is 16.2. The van der Waals surface area contributed by atoms with Crippen molar-refractivity contribution in [1.82, 2.24) is 9.78 Å². The van der Waals surface area contributed by atoms with Crippen LogP contribution in [0.1, 0.15) is 25.3 Å². The lowest BCUT2D eigenvalue weighted by Crippen LogP contribution is -2.19. The number of anilines is 2.